The number of anilines is 1. The van der Waals surface area contributed by atoms with E-state index in [9.17, 15) is 13.5 Å². The van der Waals surface area contributed by atoms with E-state index >= 15 is 0 Å². The summed E-state index contributed by atoms with van der Waals surface area (Å²) >= 11 is 0. The van der Waals surface area contributed by atoms with Crippen molar-refractivity contribution in [2.45, 2.75) is 11.9 Å². The highest BCUT2D eigenvalue weighted by Crippen LogP contribution is 2.23. The third-order valence-corrected chi connectivity index (χ3v) is 3.71. The average molecular weight is 268 g/mol. The molecule has 2 heterocycles. The minimum Gasteiger partial charge on any atom is -0.504 e. The first kappa shape index (κ1) is 12.4. The summed E-state index contributed by atoms with van der Waals surface area (Å²) in [7, 11) is -2.30. The van der Waals surface area contributed by atoms with Crippen LogP contribution >= 0.6 is 0 Å². The molecular weight excluding hydrogens is 256 g/mol. The van der Waals surface area contributed by atoms with E-state index in [1.807, 2.05) is 0 Å². The van der Waals surface area contributed by atoms with E-state index in [4.69, 9.17) is 0 Å². The molecule has 0 atom stereocenters. The van der Waals surface area contributed by atoms with Crippen molar-refractivity contribution in [1.29, 1.82) is 0 Å². The van der Waals surface area contributed by atoms with Crippen LogP contribution < -0.4 is 4.72 Å². The van der Waals surface area contributed by atoms with Gasteiger partial charge in [-0.1, -0.05) is 0 Å². The lowest BCUT2D eigenvalue weighted by Crippen LogP contribution is -2.17. The maximum Gasteiger partial charge on any atom is 0.280 e. The molecule has 2 aromatic rings. The van der Waals surface area contributed by atoms with Crippen molar-refractivity contribution >= 4 is 15.8 Å². The van der Waals surface area contributed by atoms with Crippen LogP contribution in [0.4, 0.5) is 5.82 Å². The van der Waals surface area contributed by atoms with E-state index in [1.54, 1.807) is 13.0 Å². The van der Waals surface area contributed by atoms with Crippen LogP contribution in [0, 0.1) is 6.92 Å². The highest BCUT2D eigenvalue weighted by atomic mass is 32.2. The Morgan fingerprint density at radius 3 is 2.67 bits per heavy atom. The second-order valence-corrected chi connectivity index (χ2v) is 5.35. The highest BCUT2D eigenvalue weighted by molar-refractivity contribution is 7.92. The summed E-state index contributed by atoms with van der Waals surface area (Å²) in [6.07, 6.45) is 1.37. The Bertz CT molecular complexity index is 678. The lowest BCUT2D eigenvalue weighted by Gasteiger charge is -2.09. The predicted molar refractivity (Wildman–Crippen MR) is 64.7 cm³/mol. The summed E-state index contributed by atoms with van der Waals surface area (Å²) in [6.45, 7) is 1.70. The van der Waals surface area contributed by atoms with Crippen LogP contribution in [0.25, 0.3) is 0 Å². The van der Waals surface area contributed by atoms with Gasteiger partial charge in [0, 0.05) is 12.7 Å². The Hall–Kier alpha value is -2.09. The first-order valence-electron chi connectivity index (χ1n) is 5.07. The fourth-order valence-electron chi connectivity index (χ4n) is 1.43. The number of aromatic nitrogens is 3. The average Bonchev–Trinajstić information content (AvgIpc) is 2.70. The number of hydrogen-bond acceptors (Lipinski definition) is 5. The molecule has 2 N–H and O–H groups in total. The zero-order valence-corrected chi connectivity index (χ0v) is 10.6. The van der Waals surface area contributed by atoms with Crippen molar-refractivity contribution in [3.05, 3.63) is 30.1 Å². The summed E-state index contributed by atoms with van der Waals surface area (Å²) in [5.41, 5.74) is 0.593. The molecule has 2 aromatic heterocycles. The minimum absolute atomic E-state index is 0.00907. The highest BCUT2D eigenvalue weighted by Gasteiger charge is 2.20. The van der Waals surface area contributed by atoms with Crippen LogP contribution in [0.2, 0.25) is 0 Å². The first-order valence-corrected chi connectivity index (χ1v) is 6.56. The molecule has 0 fully saturated rings. The van der Waals surface area contributed by atoms with Crippen molar-refractivity contribution in [2.75, 3.05) is 4.72 Å². The number of nitrogens with one attached hydrogen (secondary N) is 1. The Kier molecular flexibility index (Phi) is 2.95. The fourth-order valence-corrected chi connectivity index (χ4v) is 2.57. The van der Waals surface area contributed by atoms with Gasteiger partial charge < -0.3 is 5.11 Å². The molecule has 0 radical (unpaired) electrons. The molecule has 96 valence electrons. The van der Waals surface area contributed by atoms with Crippen LogP contribution in [0.1, 0.15) is 5.69 Å². The lowest BCUT2D eigenvalue weighted by molar-refractivity contribution is 0.475. The summed E-state index contributed by atoms with van der Waals surface area (Å²) in [6, 6.07) is 4.32. The maximum absolute atomic E-state index is 12.0. The molecular formula is C10H12N4O3S. The normalized spacial score (nSPS) is 11.4. The molecule has 0 aliphatic rings. The van der Waals surface area contributed by atoms with Crippen molar-refractivity contribution in [3.8, 4) is 5.75 Å². The molecule has 0 saturated carbocycles. The summed E-state index contributed by atoms with van der Waals surface area (Å²) in [5.74, 6) is -0.331. The number of nitrogens with zero attached hydrogens (tertiary/aromatic N) is 3. The van der Waals surface area contributed by atoms with E-state index in [1.165, 1.54) is 30.1 Å². The van der Waals surface area contributed by atoms with Gasteiger partial charge in [0.05, 0.1) is 6.20 Å². The van der Waals surface area contributed by atoms with E-state index in [0.717, 1.165) is 0 Å². The van der Waals surface area contributed by atoms with Crippen molar-refractivity contribution in [3.63, 3.8) is 0 Å². The van der Waals surface area contributed by atoms with Crippen molar-refractivity contribution in [1.82, 2.24) is 14.8 Å². The van der Waals surface area contributed by atoms with Crippen molar-refractivity contribution in [2.24, 2.45) is 7.05 Å². The van der Waals surface area contributed by atoms with Gasteiger partial charge in [0.1, 0.15) is 0 Å². The summed E-state index contributed by atoms with van der Waals surface area (Å²) in [5, 5.41) is 13.3. The Labute approximate surface area is 104 Å². The lowest BCUT2D eigenvalue weighted by atomic mass is 10.3. The molecule has 0 bridgehead atoms. The smallest absolute Gasteiger partial charge is 0.280 e. The van der Waals surface area contributed by atoms with Crippen LogP contribution in [-0.2, 0) is 17.1 Å². The Morgan fingerprint density at radius 1 is 1.33 bits per heavy atom. The van der Waals surface area contributed by atoms with E-state index < -0.39 is 10.0 Å². The van der Waals surface area contributed by atoms with Crippen LogP contribution in [0.15, 0.2) is 29.4 Å². The molecule has 0 unspecified atom stereocenters. The topological polar surface area (TPSA) is 97.1 Å². The predicted octanol–water partition coefficient (Wildman–Crippen LogP) is 0.630. The molecule has 0 saturated heterocycles. The second kappa shape index (κ2) is 4.30. The number of rotatable bonds is 3. The van der Waals surface area contributed by atoms with Crippen LogP contribution in [0.3, 0.4) is 0 Å². The largest absolute Gasteiger partial charge is 0.504 e. The SMILES string of the molecule is Cc1ccc(O)c(NS(=O)(=O)c2ccnn2C)n1. The van der Waals surface area contributed by atoms with Gasteiger partial charge in [-0.3, -0.25) is 9.40 Å². The molecule has 0 aliphatic heterocycles. The Balaban J connectivity index is 2.40. The third kappa shape index (κ3) is 2.28. The van der Waals surface area contributed by atoms with Crippen LogP contribution in [0.5, 0.6) is 5.75 Å². The van der Waals surface area contributed by atoms with E-state index in [0.29, 0.717) is 5.69 Å². The van der Waals surface area contributed by atoms with Gasteiger partial charge >= 0.3 is 0 Å². The van der Waals surface area contributed by atoms with Gasteiger partial charge in [-0.2, -0.15) is 13.5 Å². The van der Waals surface area contributed by atoms with Gasteiger partial charge in [-0.25, -0.2) is 4.98 Å². The number of aromatic hydroxyl groups is 1. The molecule has 0 spiro atoms. The molecule has 8 heteroatoms. The minimum atomic E-state index is -3.81. The standard InChI is InChI=1S/C10H12N4O3S/c1-7-3-4-8(15)10(12-7)13-18(16,17)9-5-6-11-14(9)2/h3-6,15H,1-2H3,(H,12,13). The van der Waals surface area contributed by atoms with Gasteiger partial charge in [0.2, 0.25) is 0 Å². The summed E-state index contributed by atoms with van der Waals surface area (Å²) < 4.78 is 27.5. The molecule has 7 nitrogen and oxygen atoms in total. The molecule has 0 aromatic carbocycles. The van der Waals surface area contributed by atoms with Gasteiger partial charge in [0.15, 0.2) is 16.6 Å². The molecule has 0 amide bonds. The monoisotopic (exact) mass is 268 g/mol. The number of sulfonamides is 1. The molecule has 18 heavy (non-hydrogen) atoms. The quantitative estimate of drug-likeness (QED) is 0.851. The fraction of sp³-hybridized carbons (Fsp3) is 0.200. The third-order valence-electron chi connectivity index (χ3n) is 2.30. The number of hydrogen-bond donors (Lipinski definition) is 2. The van der Waals surface area contributed by atoms with E-state index in [2.05, 4.69) is 14.8 Å². The van der Waals surface area contributed by atoms with Gasteiger partial charge in [-0.05, 0) is 25.1 Å². The Morgan fingerprint density at radius 2 is 2.06 bits per heavy atom. The number of aryl methyl sites for hydroxylation is 2. The van der Waals surface area contributed by atoms with Gasteiger partial charge in [0.25, 0.3) is 10.0 Å². The van der Waals surface area contributed by atoms with Gasteiger partial charge in [-0.15, -0.1) is 0 Å². The first-order chi connectivity index (χ1) is 8.40. The van der Waals surface area contributed by atoms with E-state index in [-0.39, 0.29) is 16.6 Å². The molecule has 0 aliphatic carbocycles. The zero-order chi connectivity index (χ0) is 13.3. The molecule has 2 rings (SSSR count). The summed E-state index contributed by atoms with van der Waals surface area (Å²) in [4.78, 5) is 3.93. The second-order valence-electron chi connectivity index (χ2n) is 3.72. The number of pyridine rings is 1. The maximum atomic E-state index is 12.0. The zero-order valence-electron chi connectivity index (χ0n) is 9.82. The van der Waals surface area contributed by atoms with Crippen molar-refractivity contribution < 1.29 is 13.5 Å². The van der Waals surface area contributed by atoms with Crippen LogP contribution in [-0.4, -0.2) is 28.3 Å².